The number of amides is 1. The molecule has 2 unspecified atom stereocenters. The number of nitrogens with zero attached hydrogens (tertiary/aromatic N) is 1. The molecule has 1 aliphatic rings. The van der Waals surface area contributed by atoms with Gasteiger partial charge in [-0.15, -0.1) is 0 Å². The summed E-state index contributed by atoms with van der Waals surface area (Å²) in [6.07, 6.45) is -0.951. The summed E-state index contributed by atoms with van der Waals surface area (Å²) in [4.78, 5) is 28.1. The number of benzene rings is 3. The molecule has 0 saturated heterocycles. The molecule has 31 heavy (non-hydrogen) atoms. The number of hydrogen-bond acceptors (Lipinski definition) is 4. The molecule has 3 aromatic carbocycles. The lowest BCUT2D eigenvalue weighted by molar-refractivity contribution is 0.0583. The van der Waals surface area contributed by atoms with E-state index in [1.807, 2.05) is 36.4 Å². The summed E-state index contributed by atoms with van der Waals surface area (Å²) in [6, 6.07) is 21.0. The van der Waals surface area contributed by atoms with Crippen LogP contribution in [0.4, 0.5) is 4.39 Å². The van der Waals surface area contributed by atoms with Crippen molar-refractivity contribution in [1.29, 1.82) is 0 Å². The van der Waals surface area contributed by atoms with Gasteiger partial charge < -0.3 is 14.4 Å². The number of carbonyl (C=O) groups is 1. The third kappa shape index (κ3) is 3.21. The average molecular weight is 415 g/mol. The van der Waals surface area contributed by atoms with Gasteiger partial charge in [-0.3, -0.25) is 9.59 Å². The van der Waals surface area contributed by atoms with Crippen LogP contribution < -0.4 is 5.43 Å². The lowest BCUT2D eigenvalue weighted by Crippen LogP contribution is -2.33. The Balaban J connectivity index is 1.67. The van der Waals surface area contributed by atoms with Crippen molar-refractivity contribution in [2.75, 3.05) is 6.54 Å². The molecule has 0 radical (unpaired) electrons. The van der Waals surface area contributed by atoms with Crippen LogP contribution in [0.25, 0.3) is 11.0 Å². The highest BCUT2D eigenvalue weighted by Crippen LogP contribution is 2.39. The summed E-state index contributed by atoms with van der Waals surface area (Å²) in [5, 5.41) is 10.9. The Morgan fingerprint density at radius 3 is 2.35 bits per heavy atom. The second-order valence-corrected chi connectivity index (χ2v) is 7.51. The molecule has 0 saturated carbocycles. The largest absolute Gasteiger partial charge is 0.450 e. The lowest BCUT2D eigenvalue weighted by Gasteiger charge is -2.27. The normalized spacial score (nSPS) is 16.5. The summed E-state index contributed by atoms with van der Waals surface area (Å²) < 4.78 is 19.6. The van der Waals surface area contributed by atoms with Crippen LogP contribution in [-0.2, 0) is 0 Å². The summed E-state index contributed by atoms with van der Waals surface area (Å²) >= 11 is 0. The van der Waals surface area contributed by atoms with E-state index < -0.39 is 29.3 Å². The van der Waals surface area contributed by atoms with Crippen LogP contribution in [0.2, 0.25) is 0 Å². The zero-order chi connectivity index (χ0) is 21.5. The second kappa shape index (κ2) is 7.49. The van der Waals surface area contributed by atoms with E-state index in [0.29, 0.717) is 11.1 Å². The summed E-state index contributed by atoms with van der Waals surface area (Å²) in [7, 11) is 0. The third-order valence-electron chi connectivity index (χ3n) is 5.60. The molecular formula is C25H18FNO4. The van der Waals surface area contributed by atoms with Crippen LogP contribution in [0.5, 0.6) is 0 Å². The Hall–Kier alpha value is -3.77. The van der Waals surface area contributed by atoms with Gasteiger partial charge in [-0.1, -0.05) is 60.7 Å². The molecule has 1 aromatic heterocycles. The van der Waals surface area contributed by atoms with Gasteiger partial charge in [0.1, 0.15) is 11.4 Å². The Morgan fingerprint density at radius 2 is 1.65 bits per heavy atom. The second-order valence-electron chi connectivity index (χ2n) is 7.51. The molecule has 5 rings (SSSR count). The maximum absolute atomic E-state index is 13.8. The number of halogens is 1. The minimum absolute atomic E-state index is 0.0310. The maximum Gasteiger partial charge on any atom is 0.291 e. The fourth-order valence-corrected chi connectivity index (χ4v) is 4.13. The lowest BCUT2D eigenvalue weighted by atomic mass is 9.98. The highest BCUT2D eigenvalue weighted by molar-refractivity contribution is 5.99. The predicted octanol–water partition coefficient (Wildman–Crippen LogP) is 4.21. The Morgan fingerprint density at radius 1 is 0.968 bits per heavy atom. The fraction of sp³-hybridized carbons (Fsp3) is 0.120. The highest BCUT2D eigenvalue weighted by atomic mass is 19.1. The summed E-state index contributed by atoms with van der Waals surface area (Å²) in [5.41, 5.74) is 1.22. The first-order valence-corrected chi connectivity index (χ1v) is 9.90. The molecular weight excluding hydrogens is 397 g/mol. The van der Waals surface area contributed by atoms with E-state index in [9.17, 15) is 19.1 Å². The van der Waals surface area contributed by atoms with Gasteiger partial charge in [-0.25, -0.2) is 4.39 Å². The Labute approximate surface area is 177 Å². The third-order valence-corrected chi connectivity index (χ3v) is 5.60. The molecule has 1 N–H and O–H groups in total. The molecule has 0 bridgehead atoms. The van der Waals surface area contributed by atoms with Gasteiger partial charge in [-0.2, -0.15) is 0 Å². The van der Waals surface area contributed by atoms with Crippen molar-refractivity contribution in [2.24, 2.45) is 0 Å². The molecule has 1 amide bonds. The number of carbonyl (C=O) groups excluding carboxylic acids is 1. The maximum atomic E-state index is 13.8. The molecule has 0 fully saturated rings. The van der Waals surface area contributed by atoms with Gasteiger partial charge in [-0.05, 0) is 29.3 Å². The van der Waals surface area contributed by atoms with Crippen molar-refractivity contribution in [2.45, 2.75) is 12.1 Å². The minimum Gasteiger partial charge on any atom is -0.450 e. The van der Waals surface area contributed by atoms with Crippen molar-refractivity contribution in [3.63, 3.8) is 0 Å². The van der Waals surface area contributed by atoms with Gasteiger partial charge in [0.25, 0.3) is 5.91 Å². The standard InChI is InChI=1S/C25H18FNO4/c26-17-11-12-20-18(13-17)23(29)21-22(16-9-5-2-6-10-16)27(25(30)24(21)31-20)14-19(28)15-7-3-1-4-8-15/h1-13,19,22,28H,14H2. The van der Waals surface area contributed by atoms with E-state index in [0.717, 1.165) is 6.07 Å². The van der Waals surface area contributed by atoms with Gasteiger partial charge in [0.05, 0.1) is 29.6 Å². The molecule has 6 heteroatoms. The van der Waals surface area contributed by atoms with Crippen molar-refractivity contribution >= 4 is 16.9 Å². The number of hydrogen-bond donors (Lipinski definition) is 1. The number of β-amino-alcohol motifs (C(OH)–C–C–N with tert-alkyl or cyclic N) is 1. The van der Waals surface area contributed by atoms with Crippen LogP contribution in [-0.4, -0.2) is 22.5 Å². The van der Waals surface area contributed by atoms with Crippen LogP contribution in [0.1, 0.15) is 39.4 Å². The molecule has 0 spiro atoms. The van der Waals surface area contributed by atoms with E-state index in [2.05, 4.69) is 0 Å². The average Bonchev–Trinajstić information content (AvgIpc) is 3.07. The Kier molecular flexibility index (Phi) is 4.64. The molecule has 2 heterocycles. The van der Waals surface area contributed by atoms with Crippen LogP contribution in [0.15, 0.2) is 88.1 Å². The number of aliphatic hydroxyl groups is 1. The monoisotopic (exact) mass is 415 g/mol. The van der Waals surface area contributed by atoms with Crippen LogP contribution in [0, 0.1) is 5.82 Å². The molecule has 0 aliphatic carbocycles. The first-order chi connectivity index (χ1) is 15.0. The number of aliphatic hydroxyl groups excluding tert-OH is 1. The first-order valence-electron chi connectivity index (χ1n) is 9.90. The van der Waals surface area contributed by atoms with Gasteiger partial charge in [0.15, 0.2) is 5.43 Å². The van der Waals surface area contributed by atoms with Crippen molar-refractivity contribution in [1.82, 2.24) is 4.90 Å². The van der Waals surface area contributed by atoms with Crippen molar-refractivity contribution in [3.8, 4) is 0 Å². The van der Waals surface area contributed by atoms with Crippen molar-refractivity contribution in [3.05, 3.63) is 117 Å². The molecule has 4 aromatic rings. The van der Waals surface area contributed by atoms with Gasteiger partial charge >= 0.3 is 0 Å². The van der Waals surface area contributed by atoms with E-state index in [1.54, 1.807) is 24.3 Å². The quantitative estimate of drug-likeness (QED) is 0.542. The predicted molar refractivity (Wildman–Crippen MR) is 113 cm³/mol. The van der Waals surface area contributed by atoms with Crippen LogP contribution in [0.3, 0.4) is 0 Å². The minimum atomic E-state index is -0.951. The Bertz CT molecular complexity index is 1330. The SMILES string of the molecule is O=C1c2oc3ccc(F)cc3c(=O)c2C(c2ccccc2)N1CC(O)c1ccccc1. The zero-order valence-electron chi connectivity index (χ0n) is 16.4. The van der Waals surface area contributed by atoms with Crippen molar-refractivity contribution < 1.29 is 18.7 Å². The van der Waals surface area contributed by atoms with Crippen LogP contribution >= 0.6 is 0 Å². The summed E-state index contributed by atoms with van der Waals surface area (Å²) in [5.74, 6) is -1.11. The van der Waals surface area contributed by atoms with E-state index in [1.165, 1.54) is 17.0 Å². The zero-order valence-corrected chi connectivity index (χ0v) is 16.4. The molecule has 5 nitrogen and oxygen atoms in total. The van der Waals surface area contributed by atoms with E-state index in [-0.39, 0.29) is 28.8 Å². The molecule has 154 valence electrons. The van der Waals surface area contributed by atoms with E-state index >= 15 is 0 Å². The van der Waals surface area contributed by atoms with Gasteiger partial charge in [0.2, 0.25) is 5.76 Å². The number of rotatable bonds is 4. The highest BCUT2D eigenvalue weighted by Gasteiger charge is 2.43. The molecule has 2 atom stereocenters. The first kappa shape index (κ1) is 19.2. The molecule has 1 aliphatic heterocycles. The van der Waals surface area contributed by atoms with E-state index in [4.69, 9.17) is 4.42 Å². The topological polar surface area (TPSA) is 70.8 Å². The summed E-state index contributed by atoms with van der Waals surface area (Å²) in [6.45, 7) is -0.0310. The number of fused-ring (bicyclic) bond motifs is 2. The fourth-order valence-electron chi connectivity index (χ4n) is 4.13. The van der Waals surface area contributed by atoms with Gasteiger partial charge in [0, 0.05) is 0 Å². The smallest absolute Gasteiger partial charge is 0.291 e.